The first-order valence-electron chi connectivity index (χ1n) is 11.6. The molecule has 0 radical (unpaired) electrons. The molecule has 0 amide bonds. The summed E-state index contributed by atoms with van der Waals surface area (Å²) in [5, 5.41) is 14.4. The molecule has 0 N–H and O–H groups in total. The number of hydrogen-bond acceptors (Lipinski definition) is 6. The maximum Gasteiger partial charge on any atom is 0.198 e. The molecule has 11 heteroatoms. The van der Waals surface area contributed by atoms with Gasteiger partial charge in [0.05, 0.1) is 35.7 Å². The Kier molecular flexibility index (Phi) is 4.58. The summed E-state index contributed by atoms with van der Waals surface area (Å²) in [6, 6.07) is 10.6. The van der Waals surface area contributed by atoms with E-state index in [1.165, 1.54) is 22.5 Å². The first-order valence-corrected chi connectivity index (χ1v) is 12.7. The van der Waals surface area contributed by atoms with Crippen molar-refractivity contribution in [3.05, 3.63) is 84.1 Å². The van der Waals surface area contributed by atoms with Crippen molar-refractivity contribution in [2.45, 2.75) is 23.3 Å². The number of aryl methyl sites for hydroxylation is 2. The van der Waals surface area contributed by atoms with Crippen LogP contribution in [0.4, 0.5) is 4.39 Å². The van der Waals surface area contributed by atoms with Crippen LogP contribution in [0.25, 0.3) is 16.6 Å². The zero-order valence-electron chi connectivity index (χ0n) is 19.6. The molecule has 7 rings (SSSR count). The lowest BCUT2D eigenvalue weighted by Gasteiger charge is -2.23. The first-order chi connectivity index (χ1) is 17.5. The highest BCUT2D eigenvalue weighted by molar-refractivity contribution is 7.82. The number of oxazole rings is 1. The minimum Gasteiger partial charge on any atom is -0.449 e. The predicted octanol–water partition coefficient (Wildman–Crippen LogP) is 3.28. The van der Waals surface area contributed by atoms with Crippen LogP contribution in [0.5, 0.6) is 0 Å². The lowest BCUT2D eigenvalue weighted by molar-refractivity contribution is 0.410. The molecule has 5 aromatic rings. The third-order valence-corrected chi connectivity index (χ3v) is 8.84. The van der Waals surface area contributed by atoms with E-state index in [4.69, 9.17) is 4.42 Å². The number of nitrogens with zero attached hydrogens (tertiary/aromatic N) is 7. The standard InChI is InChI=1S/C25H22FN7O2S/c1-15-9-21-16(11-29-33(21)18-5-3-17(26)4-6-18)10-19(15)25-14-32(36(34)22-12-28-31(2)30-22)13-20(25)23(25)24-27-7-8-35-24/h3-12,20,23H,13-14H2,1-2H3. The van der Waals surface area contributed by atoms with Gasteiger partial charge in [-0.1, -0.05) is 0 Å². The van der Waals surface area contributed by atoms with Crippen LogP contribution in [-0.4, -0.2) is 51.4 Å². The molecule has 3 aromatic heterocycles. The van der Waals surface area contributed by atoms with Gasteiger partial charge in [-0.3, -0.25) is 0 Å². The predicted molar refractivity (Wildman–Crippen MR) is 129 cm³/mol. The molecule has 1 aliphatic carbocycles. The van der Waals surface area contributed by atoms with E-state index >= 15 is 0 Å². The molecule has 36 heavy (non-hydrogen) atoms. The van der Waals surface area contributed by atoms with E-state index in [-0.39, 0.29) is 23.1 Å². The average molecular weight is 504 g/mol. The van der Waals surface area contributed by atoms with Crippen LogP contribution in [0.3, 0.4) is 0 Å². The Balaban J connectivity index is 1.30. The molecule has 0 bridgehead atoms. The van der Waals surface area contributed by atoms with Crippen molar-refractivity contribution in [3.8, 4) is 5.69 Å². The van der Waals surface area contributed by atoms with Gasteiger partial charge in [0.15, 0.2) is 10.9 Å². The fraction of sp³-hybridized carbons (Fsp3) is 0.280. The molecule has 0 spiro atoms. The summed E-state index contributed by atoms with van der Waals surface area (Å²) in [6.45, 7) is 3.32. The molecule has 2 aliphatic rings. The molecular formula is C25H22FN7O2S. The van der Waals surface area contributed by atoms with Crippen molar-refractivity contribution < 1.29 is 13.0 Å². The van der Waals surface area contributed by atoms with Crippen molar-refractivity contribution >= 4 is 21.9 Å². The van der Waals surface area contributed by atoms with Crippen LogP contribution in [0, 0.1) is 18.7 Å². The number of fused-ring (bicyclic) bond motifs is 2. The van der Waals surface area contributed by atoms with Crippen molar-refractivity contribution in [3.63, 3.8) is 0 Å². The Bertz CT molecular complexity index is 1630. The third kappa shape index (κ3) is 3.05. The van der Waals surface area contributed by atoms with Crippen LogP contribution in [0.15, 0.2) is 70.7 Å². The second kappa shape index (κ2) is 7.65. The van der Waals surface area contributed by atoms with Gasteiger partial charge in [0, 0.05) is 30.9 Å². The SMILES string of the molecule is Cc1cc2c(cnn2-c2ccc(F)cc2)cc1C12CN(S(=O)c3cnn(C)n3)CC1C2c1ncco1. The van der Waals surface area contributed by atoms with Crippen LogP contribution < -0.4 is 0 Å². The number of halogens is 1. The van der Waals surface area contributed by atoms with Gasteiger partial charge < -0.3 is 4.42 Å². The van der Waals surface area contributed by atoms with Gasteiger partial charge >= 0.3 is 0 Å². The van der Waals surface area contributed by atoms with Crippen molar-refractivity contribution in [2.24, 2.45) is 13.0 Å². The van der Waals surface area contributed by atoms with Gasteiger partial charge in [-0.05, 0) is 60.4 Å². The topological polar surface area (TPSA) is 94.9 Å². The van der Waals surface area contributed by atoms with E-state index in [9.17, 15) is 8.60 Å². The zero-order chi connectivity index (χ0) is 24.6. The van der Waals surface area contributed by atoms with Crippen molar-refractivity contribution in [1.82, 2.24) is 34.1 Å². The van der Waals surface area contributed by atoms with Gasteiger partial charge in [0.2, 0.25) is 0 Å². The first kappa shape index (κ1) is 21.6. The minimum atomic E-state index is -1.41. The van der Waals surface area contributed by atoms with E-state index in [0.29, 0.717) is 24.0 Å². The van der Waals surface area contributed by atoms with Crippen LogP contribution in [0.1, 0.15) is 22.9 Å². The summed E-state index contributed by atoms with van der Waals surface area (Å²) in [7, 11) is 0.310. The monoisotopic (exact) mass is 503 g/mol. The summed E-state index contributed by atoms with van der Waals surface area (Å²) >= 11 is 0. The van der Waals surface area contributed by atoms with Gasteiger partial charge in [-0.25, -0.2) is 22.6 Å². The lowest BCUT2D eigenvalue weighted by atomic mass is 9.88. The molecule has 4 unspecified atom stereocenters. The van der Waals surface area contributed by atoms with E-state index in [1.807, 2.05) is 15.2 Å². The Morgan fingerprint density at radius 2 is 2.00 bits per heavy atom. The average Bonchev–Trinajstić information content (AvgIpc) is 3.51. The smallest absolute Gasteiger partial charge is 0.198 e. The number of piperidine rings is 1. The number of benzene rings is 2. The second-order valence-electron chi connectivity index (χ2n) is 9.50. The Morgan fingerprint density at radius 1 is 1.17 bits per heavy atom. The molecule has 2 fully saturated rings. The summed E-state index contributed by atoms with van der Waals surface area (Å²) < 4.78 is 36.3. The van der Waals surface area contributed by atoms with Gasteiger partial charge in [-0.2, -0.15) is 15.0 Å². The van der Waals surface area contributed by atoms with E-state index in [2.05, 4.69) is 39.3 Å². The highest BCUT2D eigenvalue weighted by Crippen LogP contribution is 2.69. The maximum absolute atomic E-state index is 13.5. The number of rotatable bonds is 5. The van der Waals surface area contributed by atoms with Gasteiger partial charge in [-0.15, -0.1) is 5.10 Å². The van der Waals surface area contributed by atoms with Crippen LogP contribution in [-0.2, 0) is 23.4 Å². The highest BCUT2D eigenvalue weighted by atomic mass is 32.2. The zero-order valence-corrected chi connectivity index (χ0v) is 20.4. The molecule has 4 atom stereocenters. The van der Waals surface area contributed by atoms with Crippen molar-refractivity contribution in [2.75, 3.05) is 13.1 Å². The normalized spacial score (nSPS) is 24.3. The Hall–Kier alpha value is -3.70. The molecule has 4 heterocycles. The lowest BCUT2D eigenvalue weighted by Crippen LogP contribution is -2.31. The summed E-state index contributed by atoms with van der Waals surface area (Å²) in [6.07, 6.45) is 6.67. The summed E-state index contributed by atoms with van der Waals surface area (Å²) in [5.41, 5.74) is 3.75. The van der Waals surface area contributed by atoms with Crippen molar-refractivity contribution in [1.29, 1.82) is 0 Å². The van der Waals surface area contributed by atoms with Crippen LogP contribution in [0.2, 0.25) is 0 Å². The quantitative estimate of drug-likeness (QED) is 0.365. The van der Waals surface area contributed by atoms with E-state index in [0.717, 1.165) is 22.2 Å². The third-order valence-electron chi connectivity index (χ3n) is 7.54. The fourth-order valence-electron chi connectivity index (χ4n) is 5.94. The summed E-state index contributed by atoms with van der Waals surface area (Å²) in [4.78, 5) is 5.89. The Labute approximate surface area is 208 Å². The maximum atomic E-state index is 13.5. The van der Waals surface area contributed by atoms with Crippen LogP contribution >= 0.6 is 0 Å². The van der Waals surface area contributed by atoms with Gasteiger partial charge in [0.25, 0.3) is 0 Å². The Morgan fingerprint density at radius 3 is 2.72 bits per heavy atom. The number of aromatic nitrogens is 6. The fourth-order valence-corrected chi connectivity index (χ4v) is 7.16. The molecule has 9 nitrogen and oxygen atoms in total. The molecule has 2 aromatic carbocycles. The molecule has 1 saturated heterocycles. The molecule has 1 saturated carbocycles. The number of hydrogen-bond donors (Lipinski definition) is 0. The molecule has 182 valence electrons. The molecular weight excluding hydrogens is 481 g/mol. The largest absolute Gasteiger partial charge is 0.449 e. The van der Waals surface area contributed by atoms with E-state index in [1.54, 1.807) is 37.8 Å². The second-order valence-corrected chi connectivity index (χ2v) is 10.9. The van der Waals surface area contributed by atoms with Gasteiger partial charge in [0.1, 0.15) is 23.1 Å². The minimum absolute atomic E-state index is 0.103. The van der Waals surface area contributed by atoms with E-state index < -0.39 is 11.0 Å². The highest BCUT2D eigenvalue weighted by Gasteiger charge is 2.73. The summed E-state index contributed by atoms with van der Waals surface area (Å²) in [5.74, 6) is 0.743. The molecule has 1 aliphatic heterocycles.